The molecule has 0 aromatic heterocycles. The number of Topliss-reactive ketones (excluding diaryl/α,β-unsaturated/α-hetero) is 1. The minimum Gasteiger partial charge on any atom is -0.497 e. The molecule has 4 aliphatic rings. The van der Waals surface area contributed by atoms with Crippen molar-refractivity contribution in [1.82, 2.24) is 4.90 Å². The van der Waals surface area contributed by atoms with Gasteiger partial charge in [0.05, 0.1) is 30.7 Å². The number of imide groups is 1. The third-order valence-electron chi connectivity index (χ3n) is 7.72. The molecule has 4 atom stereocenters. The van der Waals surface area contributed by atoms with Crippen molar-refractivity contribution in [2.75, 3.05) is 18.8 Å². The first-order chi connectivity index (χ1) is 18.1. The van der Waals surface area contributed by atoms with Crippen LogP contribution in [0.1, 0.15) is 27.5 Å². The topological polar surface area (TPSA) is 85.4 Å². The van der Waals surface area contributed by atoms with Crippen molar-refractivity contribution in [3.63, 3.8) is 0 Å². The Morgan fingerprint density at radius 3 is 2.49 bits per heavy atom. The van der Waals surface area contributed by atoms with Gasteiger partial charge in [-0.2, -0.15) is 0 Å². The zero-order valence-corrected chi connectivity index (χ0v) is 19.9. The molecule has 3 aromatic carbocycles. The highest BCUT2D eigenvalue weighted by molar-refractivity contribution is 6.24. The zero-order valence-electron chi connectivity index (χ0n) is 19.9. The summed E-state index contributed by atoms with van der Waals surface area (Å²) in [5.74, 6) is -0.778. The molecule has 0 bridgehead atoms. The molecule has 0 radical (unpaired) electrons. The maximum atomic E-state index is 14.1. The van der Waals surface area contributed by atoms with Crippen molar-refractivity contribution < 1.29 is 28.6 Å². The summed E-state index contributed by atoms with van der Waals surface area (Å²) in [5.41, 5.74) is 2.77. The van der Waals surface area contributed by atoms with E-state index >= 15 is 0 Å². The molecule has 0 saturated carbocycles. The normalized spacial score (nSPS) is 24.7. The Morgan fingerprint density at radius 1 is 0.919 bits per heavy atom. The van der Waals surface area contributed by atoms with Gasteiger partial charge >= 0.3 is 0 Å². The average molecular weight is 495 g/mol. The minimum atomic E-state index is -0.848. The molecule has 0 spiro atoms. The standard InChI is InChI=1S/C29H22N2O6/c1-35-19-9-7-18(8-10-19)31-28(33)23-24(29(31)34)26(27(32)17-6-11-21-22(14-17)37-15-36-21)30-13-12-16-4-2-3-5-20(16)25(23)30/h2-14,23-26H,15H2,1H3/t23-,24+,25-,26-/m0/s1. The third kappa shape index (κ3) is 3.05. The molecule has 2 amide bonds. The number of carbonyl (C=O) groups is 3. The number of amides is 2. The van der Waals surface area contributed by atoms with Crippen LogP contribution in [0.2, 0.25) is 0 Å². The summed E-state index contributed by atoms with van der Waals surface area (Å²) >= 11 is 0. The summed E-state index contributed by atoms with van der Waals surface area (Å²) in [6.45, 7) is 0.0959. The van der Waals surface area contributed by atoms with Crippen LogP contribution in [0, 0.1) is 11.8 Å². The number of carbonyl (C=O) groups excluding carboxylic acids is 3. The molecule has 0 N–H and O–H groups in total. The highest BCUT2D eigenvalue weighted by atomic mass is 16.7. The number of methoxy groups -OCH3 is 1. The van der Waals surface area contributed by atoms with E-state index in [1.807, 2.05) is 41.4 Å². The predicted octanol–water partition coefficient (Wildman–Crippen LogP) is 3.82. The van der Waals surface area contributed by atoms with Gasteiger partial charge in [-0.15, -0.1) is 0 Å². The molecular weight excluding hydrogens is 472 g/mol. The molecule has 3 aromatic rings. The van der Waals surface area contributed by atoms with Crippen LogP contribution in [0.25, 0.3) is 6.08 Å². The van der Waals surface area contributed by atoms with Crippen LogP contribution in [-0.4, -0.2) is 42.4 Å². The summed E-state index contributed by atoms with van der Waals surface area (Å²) in [7, 11) is 1.56. The van der Waals surface area contributed by atoms with Gasteiger partial charge in [0.2, 0.25) is 18.6 Å². The fourth-order valence-electron chi connectivity index (χ4n) is 6.06. The maximum Gasteiger partial charge on any atom is 0.240 e. The fraction of sp³-hybridized carbons (Fsp3) is 0.207. The molecule has 7 rings (SSSR count). The van der Waals surface area contributed by atoms with E-state index in [0.717, 1.165) is 11.1 Å². The van der Waals surface area contributed by atoms with Crippen LogP contribution in [-0.2, 0) is 9.59 Å². The molecule has 37 heavy (non-hydrogen) atoms. The van der Waals surface area contributed by atoms with E-state index in [2.05, 4.69) is 0 Å². The van der Waals surface area contributed by atoms with Gasteiger partial charge in [0, 0.05) is 11.8 Å². The SMILES string of the molecule is COc1ccc(N2C(=O)[C@@H]3[C@H](C2=O)[C@@H]2c4ccccc4C=CN2[C@@H]3C(=O)c2ccc3c(c2)OCO3)cc1. The first kappa shape index (κ1) is 21.7. The second-order valence-electron chi connectivity index (χ2n) is 9.48. The highest BCUT2D eigenvalue weighted by Crippen LogP contribution is 2.54. The summed E-state index contributed by atoms with van der Waals surface area (Å²) < 4.78 is 16.1. The van der Waals surface area contributed by atoms with Crippen molar-refractivity contribution >= 4 is 29.4 Å². The van der Waals surface area contributed by atoms with Crippen molar-refractivity contribution in [3.05, 3.63) is 89.6 Å². The van der Waals surface area contributed by atoms with Gasteiger partial charge in [-0.1, -0.05) is 24.3 Å². The Balaban J connectivity index is 1.34. The van der Waals surface area contributed by atoms with Crippen LogP contribution in [0.15, 0.2) is 72.9 Å². The maximum absolute atomic E-state index is 14.1. The lowest BCUT2D eigenvalue weighted by Gasteiger charge is -2.35. The Morgan fingerprint density at radius 2 is 1.68 bits per heavy atom. The van der Waals surface area contributed by atoms with E-state index in [9.17, 15) is 14.4 Å². The quantitative estimate of drug-likeness (QED) is 0.403. The molecule has 2 fully saturated rings. The lowest BCUT2D eigenvalue weighted by Crippen LogP contribution is -2.44. The van der Waals surface area contributed by atoms with Crippen molar-refractivity contribution in [2.45, 2.75) is 12.1 Å². The fourth-order valence-corrected chi connectivity index (χ4v) is 6.06. The Bertz CT molecular complexity index is 1500. The van der Waals surface area contributed by atoms with Crippen LogP contribution in [0.5, 0.6) is 17.2 Å². The molecule has 4 heterocycles. The van der Waals surface area contributed by atoms with Crippen LogP contribution in [0.4, 0.5) is 5.69 Å². The molecule has 2 saturated heterocycles. The van der Waals surface area contributed by atoms with Gasteiger partial charge in [-0.3, -0.25) is 14.4 Å². The van der Waals surface area contributed by atoms with E-state index in [1.165, 1.54) is 4.90 Å². The van der Waals surface area contributed by atoms with Crippen molar-refractivity contribution in [3.8, 4) is 17.2 Å². The Labute approximate surface area is 212 Å². The number of hydrogen-bond acceptors (Lipinski definition) is 7. The van der Waals surface area contributed by atoms with Crippen LogP contribution in [0.3, 0.4) is 0 Å². The number of anilines is 1. The van der Waals surface area contributed by atoms with E-state index in [-0.39, 0.29) is 24.4 Å². The van der Waals surface area contributed by atoms with E-state index in [0.29, 0.717) is 28.5 Å². The molecule has 0 unspecified atom stereocenters. The number of hydrogen-bond donors (Lipinski definition) is 0. The van der Waals surface area contributed by atoms with E-state index in [4.69, 9.17) is 14.2 Å². The second kappa shape index (κ2) is 7.96. The van der Waals surface area contributed by atoms with E-state index in [1.54, 1.807) is 49.6 Å². The molecular formula is C29H22N2O6. The number of nitrogens with zero attached hydrogens (tertiary/aromatic N) is 2. The first-order valence-electron chi connectivity index (χ1n) is 12.1. The lowest BCUT2D eigenvalue weighted by atomic mass is 9.83. The Kier molecular flexibility index (Phi) is 4.66. The summed E-state index contributed by atoms with van der Waals surface area (Å²) in [6, 6.07) is 18.4. The van der Waals surface area contributed by atoms with E-state index < -0.39 is 23.9 Å². The molecule has 0 aliphatic carbocycles. The second-order valence-corrected chi connectivity index (χ2v) is 9.48. The summed E-state index contributed by atoms with van der Waals surface area (Å²) in [6.07, 6.45) is 3.78. The Hall–Kier alpha value is -4.59. The van der Waals surface area contributed by atoms with Gasteiger partial charge in [0.1, 0.15) is 11.8 Å². The number of fused-ring (bicyclic) bond motifs is 6. The lowest BCUT2D eigenvalue weighted by molar-refractivity contribution is -0.123. The minimum absolute atomic E-state index is 0.0959. The summed E-state index contributed by atoms with van der Waals surface area (Å²) in [5, 5.41) is 0. The average Bonchev–Trinajstić information content (AvgIpc) is 3.61. The number of ketones is 1. The first-order valence-corrected chi connectivity index (χ1v) is 12.1. The zero-order chi connectivity index (χ0) is 25.3. The monoisotopic (exact) mass is 494 g/mol. The number of rotatable bonds is 4. The molecule has 4 aliphatic heterocycles. The number of benzene rings is 3. The molecule has 8 nitrogen and oxygen atoms in total. The summed E-state index contributed by atoms with van der Waals surface area (Å²) in [4.78, 5) is 45.1. The van der Waals surface area contributed by atoms with Crippen LogP contribution < -0.4 is 19.1 Å². The van der Waals surface area contributed by atoms with Gasteiger partial charge < -0.3 is 19.1 Å². The molecule has 8 heteroatoms. The predicted molar refractivity (Wildman–Crippen MR) is 133 cm³/mol. The third-order valence-corrected chi connectivity index (χ3v) is 7.72. The van der Waals surface area contributed by atoms with Gasteiger partial charge in [0.25, 0.3) is 0 Å². The van der Waals surface area contributed by atoms with Crippen molar-refractivity contribution in [2.24, 2.45) is 11.8 Å². The van der Waals surface area contributed by atoms with Gasteiger partial charge in [0.15, 0.2) is 17.3 Å². The van der Waals surface area contributed by atoms with Crippen molar-refractivity contribution in [1.29, 1.82) is 0 Å². The smallest absolute Gasteiger partial charge is 0.240 e. The van der Waals surface area contributed by atoms with Gasteiger partial charge in [-0.25, -0.2) is 4.90 Å². The highest BCUT2D eigenvalue weighted by Gasteiger charge is 2.64. The largest absolute Gasteiger partial charge is 0.497 e. The molecule has 184 valence electrons. The number of ether oxygens (including phenoxy) is 3. The van der Waals surface area contributed by atoms with Crippen LogP contribution >= 0.6 is 0 Å². The van der Waals surface area contributed by atoms with Gasteiger partial charge in [-0.05, 0) is 59.7 Å².